The van der Waals surface area contributed by atoms with E-state index in [1.165, 1.54) is 12.8 Å². The van der Waals surface area contributed by atoms with Gasteiger partial charge in [-0.1, -0.05) is 26.0 Å². The molecule has 0 radical (unpaired) electrons. The van der Waals surface area contributed by atoms with Crippen molar-refractivity contribution >= 4 is 5.71 Å². The van der Waals surface area contributed by atoms with Gasteiger partial charge in [-0.25, -0.2) is 0 Å². The van der Waals surface area contributed by atoms with Gasteiger partial charge < -0.3 is 5.41 Å². The van der Waals surface area contributed by atoms with Gasteiger partial charge in [0.1, 0.15) is 0 Å². The van der Waals surface area contributed by atoms with Crippen LogP contribution < -0.4 is 0 Å². The largest absolute Gasteiger partial charge is 0.309 e. The molecule has 0 heterocycles. The fraction of sp³-hybridized carbons (Fsp3) is 0.727. The van der Waals surface area contributed by atoms with Crippen LogP contribution in [0.25, 0.3) is 0 Å². The SMILES string of the molecule is CC[C@H](C)C(=N)C1CC=CCC1. The van der Waals surface area contributed by atoms with Crippen molar-refractivity contribution in [2.75, 3.05) is 0 Å². The van der Waals surface area contributed by atoms with Gasteiger partial charge in [0.25, 0.3) is 0 Å². The second-order valence-corrected chi connectivity index (χ2v) is 3.75. The van der Waals surface area contributed by atoms with Crippen molar-refractivity contribution < 1.29 is 0 Å². The molecule has 0 spiro atoms. The molecule has 1 aliphatic carbocycles. The molecule has 1 nitrogen and oxygen atoms in total. The number of allylic oxidation sites excluding steroid dienone is 2. The first-order chi connectivity index (χ1) is 5.75. The van der Waals surface area contributed by atoms with E-state index in [4.69, 9.17) is 5.41 Å². The molecule has 1 rings (SSSR count). The Morgan fingerprint density at radius 3 is 2.83 bits per heavy atom. The van der Waals surface area contributed by atoms with E-state index in [-0.39, 0.29) is 0 Å². The minimum absolute atomic E-state index is 0.487. The third kappa shape index (κ3) is 2.20. The monoisotopic (exact) mass is 165 g/mol. The average molecular weight is 165 g/mol. The highest BCUT2D eigenvalue weighted by Gasteiger charge is 2.18. The van der Waals surface area contributed by atoms with Gasteiger partial charge >= 0.3 is 0 Å². The molecule has 0 aromatic rings. The minimum atomic E-state index is 0.487. The Hall–Kier alpha value is -0.590. The van der Waals surface area contributed by atoms with Crippen LogP contribution in [0.15, 0.2) is 12.2 Å². The molecule has 2 atom stereocenters. The smallest absolute Gasteiger partial charge is 0.0151 e. The van der Waals surface area contributed by atoms with Crippen LogP contribution in [-0.4, -0.2) is 5.71 Å². The maximum absolute atomic E-state index is 7.96. The Labute approximate surface area is 75.4 Å². The zero-order chi connectivity index (χ0) is 8.97. The first-order valence-electron chi connectivity index (χ1n) is 4.99. The molecular formula is C11H19N. The van der Waals surface area contributed by atoms with Gasteiger partial charge in [-0.15, -0.1) is 0 Å². The second-order valence-electron chi connectivity index (χ2n) is 3.75. The van der Waals surface area contributed by atoms with Crippen molar-refractivity contribution in [3.8, 4) is 0 Å². The lowest BCUT2D eigenvalue weighted by molar-refractivity contribution is 0.568. The standard InChI is InChI=1S/C11H19N/c1-3-9(2)11(12)10-7-5-4-6-8-10/h4-5,9-10,12H,3,6-8H2,1-2H3/t9-,10?/m0/s1. The molecule has 0 aromatic carbocycles. The molecule has 12 heavy (non-hydrogen) atoms. The quantitative estimate of drug-likeness (QED) is 0.489. The summed E-state index contributed by atoms with van der Waals surface area (Å²) in [7, 11) is 0. The molecule has 0 fully saturated rings. The van der Waals surface area contributed by atoms with Gasteiger partial charge in [-0.3, -0.25) is 0 Å². The Balaban J connectivity index is 2.46. The van der Waals surface area contributed by atoms with Crippen molar-refractivity contribution in [2.24, 2.45) is 11.8 Å². The summed E-state index contributed by atoms with van der Waals surface area (Å²) in [6.07, 6.45) is 9.04. The average Bonchev–Trinajstić information content (AvgIpc) is 2.17. The lowest BCUT2D eigenvalue weighted by Crippen LogP contribution is -2.21. The maximum atomic E-state index is 7.96. The summed E-state index contributed by atoms with van der Waals surface area (Å²) in [6.45, 7) is 4.33. The van der Waals surface area contributed by atoms with Gasteiger partial charge in [0, 0.05) is 11.6 Å². The third-order valence-electron chi connectivity index (χ3n) is 2.85. The molecule has 0 aromatic heterocycles. The first kappa shape index (κ1) is 9.50. The van der Waals surface area contributed by atoms with E-state index in [2.05, 4.69) is 26.0 Å². The van der Waals surface area contributed by atoms with Gasteiger partial charge in [-0.2, -0.15) is 0 Å². The molecular weight excluding hydrogens is 146 g/mol. The lowest BCUT2D eigenvalue weighted by atomic mass is 9.84. The third-order valence-corrected chi connectivity index (χ3v) is 2.85. The topological polar surface area (TPSA) is 23.9 Å². The van der Waals surface area contributed by atoms with Crippen LogP contribution in [0.1, 0.15) is 39.5 Å². The molecule has 1 N–H and O–H groups in total. The summed E-state index contributed by atoms with van der Waals surface area (Å²) in [4.78, 5) is 0. The normalized spacial score (nSPS) is 25.3. The van der Waals surface area contributed by atoms with Gasteiger partial charge in [0.2, 0.25) is 0 Å². The van der Waals surface area contributed by atoms with Crippen molar-refractivity contribution in [1.29, 1.82) is 5.41 Å². The summed E-state index contributed by atoms with van der Waals surface area (Å²) in [5.74, 6) is 1.03. The van der Waals surface area contributed by atoms with E-state index < -0.39 is 0 Å². The van der Waals surface area contributed by atoms with Crippen molar-refractivity contribution in [3.63, 3.8) is 0 Å². The van der Waals surface area contributed by atoms with Gasteiger partial charge in [0.15, 0.2) is 0 Å². The van der Waals surface area contributed by atoms with E-state index in [0.29, 0.717) is 11.8 Å². The predicted octanol–water partition coefficient (Wildman–Crippen LogP) is 3.41. The summed E-state index contributed by atoms with van der Waals surface area (Å²) in [5.41, 5.74) is 0.974. The first-order valence-corrected chi connectivity index (χ1v) is 4.99. The summed E-state index contributed by atoms with van der Waals surface area (Å²) >= 11 is 0. The molecule has 1 aliphatic rings. The molecule has 1 unspecified atom stereocenters. The fourth-order valence-corrected chi connectivity index (χ4v) is 1.70. The number of hydrogen-bond acceptors (Lipinski definition) is 1. The van der Waals surface area contributed by atoms with Gasteiger partial charge in [0.05, 0.1) is 0 Å². The Morgan fingerprint density at radius 1 is 1.58 bits per heavy atom. The van der Waals surface area contributed by atoms with Crippen LogP contribution in [0.4, 0.5) is 0 Å². The molecule has 0 saturated carbocycles. The second kappa shape index (κ2) is 4.44. The molecule has 68 valence electrons. The van der Waals surface area contributed by atoms with Crippen molar-refractivity contribution in [2.45, 2.75) is 39.5 Å². The Bertz CT molecular complexity index is 181. The van der Waals surface area contributed by atoms with E-state index >= 15 is 0 Å². The molecule has 0 amide bonds. The Morgan fingerprint density at radius 2 is 2.33 bits per heavy atom. The Kier molecular flexibility index (Phi) is 3.51. The zero-order valence-electron chi connectivity index (χ0n) is 8.14. The fourth-order valence-electron chi connectivity index (χ4n) is 1.70. The van der Waals surface area contributed by atoms with Crippen LogP contribution in [0.2, 0.25) is 0 Å². The highest BCUT2D eigenvalue weighted by atomic mass is 14.5. The number of nitrogens with one attached hydrogen (secondary N) is 1. The van der Waals surface area contributed by atoms with Crippen LogP contribution in [-0.2, 0) is 0 Å². The van der Waals surface area contributed by atoms with Crippen LogP contribution >= 0.6 is 0 Å². The summed E-state index contributed by atoms with van der Waals surface area (Å²) in [6, 6.07) is 0. The minimum Gasteiger partial charge on any atom is -0.309 e. The summed E-state index contributed by atoms with van der Waals surface area (Å²) < 4.78 is 0. The molecule has 0 bridgehead atoms. The van der Waals surface area contributed by atoms with Crippen molar-refractivity contribution in [1.82, 2.24) is 0 Å². The van der Waals surface area contributed by atoms with Gasteiger partial charge in [-0.05, 0) is 31.6 Å². The molecule has 1 heteroatoms. The van der Waals surface area contributed by atoms with Crippen LogP contribution in [0, 0.1) is 17.2 Å². The molecule has 0 saturated heterocycles. The van der Waals surface area contributed by atoms with E-state index in [1.54, 1.807) is 0 Å². The zero-order valence-corrected chi connectivity index (χ0v) is 8.14. The van der Waals surface area contributed by atoms with E-state index in [9.17, 15) is 0 Å². The maximum Gasteiger partial charge on any atom is 0.0151 e. The van der Waals surface area contributed by atoms with Crippen LogP contribution in [0.5, 0.6) is 0 Å². The van der Waals surface area contributed by atoms with E-state index in [1.807, 2.05) is 0 Å². The lowest BCUT2D eigenvalue weighted by Gasteiger charge is -2.22. The van der Waals surface area contributed by atoms with Crippen LogP contribution in [0.3, 0.4) is 0 Å². The highest BCUT2D eigenvalue weighted by molar-refractivity contribution is 5.86. The molecule has 0 aliphatic heterocycles. The predicted molar refractivity (Wildman–Crippen MR) is 53.7 cm³/mol. The summed E-state index contributed by atoms with van der Waals surface area (Å²) in [5, 5.41) is 7.96. The number of hydrogen-bond donors (Lipinski definition) is 1. The van der Waals surface area contributed by atoms with Crippen molar-refractivity contribution in [3.05, 3.63) is 12.2 Å². The number of rotatable bonds is 3. The highest BCUT2D eigenvalue weighted by Crippen LogP contribution is 2.23. The van der Waals surface area contributed by atoms with E-state index in [0.717, 1.165) is 18.6 Å².